The Hall–Kier alpha value is -0.680. The summed E-state index contributed by atoms with van der Waals surface area (Å²) in [4.78, 5) is 13.1. The standard InChI is InChI=1S/C14H16BrFN2O4S2/c15-11-2-1-10(5-12(11)16)24(20,21)18-3-4-22-14(9-18)7-17(8-14)13(19)6-23/h1-2,5,23H,3-4,6-9H2. The van der Waals surface area contributed by atoms with Gasteiger partial charge in [0.15, 0.2) is 0 Å². The maximum absolute atomic E-state index is 13.7. The second kappa shape index (κ2) is 6.56. The molecule has 1 spiro atoms. The molecule has 0 bridgehead atoms. The quantitative estimate of drug-likeness (QED) is 0.718. The molecule has 0 atom stereocenters. The smallest absolute Gasteiger partial charge is 0.243 e. The Bertz CT molecular complexity index is 768. The van der Waals surface area contributed by atoms with E-state index < -0.39 is 21.4 Å². The first kappa shape index (κ1) is 18.1. The number of carbonyl (C=O) groups excluding carboxylic acids is 1. The van der Waals surface area contributed by atoms with Crippen LogP contribution in [-0.2, 0) is 19.6 Å². The fraction of sp³-hybridized carbons (Fsp3) is 0.500. The number of hydrogen-bond donors (Lipinski definition) is 1. The van der Waals surface area contributed by atoms with Crippen LogP contribution in [0.4, 0.5) is 4.39 Å². The van der Waals surface area contributed by atoms with Crippen LogP contribution < -0.4 is 0 Å². The summed E-state index contributed by atoms with van der Waals surface area (Å²) in [5, 5.41) is 0. The summed E-state index contributed by atoms with van der Waals surface area (Å²) < 4.78 is 46.4. The molecule has 0 N–H and O–H groups in total. The number of hydrogen-bond acceptors (Lipinski definition) is 5. The molecule has 10 heteroatoms. The Labute approximate surface area is 153 Å². The van der Waals surface area contributed by atoms with E-state index in [1.54, 1.807) is 4.90 Å². The van der Waals surface area contributed by atoms with Crippen LogP contribution in [0, 0.1) is 5.82 Å². The Morgan fingerprint density at radius 1 is 1.38 bits per heavy atom. The first-order valence-electron chi connectivity index (χ1n) is 7.25. The highest BCUT2D eigenvalue weighted by Gasteiger charge is 2.50. The maximum atomic E-state index is 13.7. The highest BCUT2D eigenvalue weighted by atomic mass is 79.9. The summed E-state index contributed by atoms with van der Waals surface area (Å²) in [7, 11) is -3.82. The van der Waals surface area contributed by atoms with E-state index in [-0.39, 0.29) is 40.7 Å². The van der Waals surface area contributed by atoms with Gasteiger partial charge in [-0.15, -0.1) is 0 Å². The SMILES string of the molecule is O=C(CS)N1CC2(C1)CN(S(=O)(=O)c1ccc(Br)c(F)c1)CCO2. The number of rotatable bonds is 3. The number of halogens is 2. The van der Waals surface area contributed by atoms with E-state index in [0.29, 0.717) is 13.1 Å². The van der Waals surface area contributed by atoms with Gasteiger partial charge in [0.2, 0.25) is 15.9 Å². The van der Waals surface area contributed by atoms with Gasteiger partial charge in [-0.2, -0.15) is 16.9 Å². The summed E-state index contributed by atoms with van der Waals surface area (Å²) in [6.45, 7) is 1.26. The van der Waals surface area contributed by atoms with Crippen LogP contribution in [0.3, 0.4) is 0 Å². The molecular weight excluding hydrogens is 423 g/mol. The molecule has 2 saturated heterocycles. The molecule has 0 aliphatic carbocycles. The topological polar surface area (TPSA) is 66.9 Å². The van der Waals surface area contributed by atoms with Crippen molar-refractivity contribution < 1.29 is 22.3 Å². The predicted molar refractivity (Wildman–Crippen MR) is 92.0 cm³/mol. The van der Waals surface area contributed by atoms with Crippen LogP contribution in [-0.4, -0.2) is 67.7 Å². The van der Waals surface area contributed by atoms with Crippen molar-refractivity contribution >= 4 is 44.5 Å². The summed E-state index contributed by atoms with van der Waals surface area (Å²) in [6, 6.07) is 3.73. The highest BCUT2D eigenvalue weighted by Crippen LogP contribution is 2.32. The molecule has 0 radical (unpaired) electrons. The number of carbonyl (C=O) groups is 1. The first-order chi connectivity index (χ1) is 11.3. The minimum absolute atomic E-state index is 0.0946. The van der Waals surface area contributed by atoms with Gasteiger partial charge in [0.1, 0.15) is 11.4 Å². The fourth-order valence-electron chi connectivity index (χ4n) is 2.92. The van der Waals surface area contributed by atoms with Gasteiger partial charge in [-0.1, -0.05) is 0 Å². The number of ether oxygens (including phenoxy) is 1. The maximum Gasteiger partial charge on any atom is 0.243 e. The zero-order valence-electron chi connectivity index (χ0n) is 12.6. The third-order valence-electron chi connectivity index (χ3n) is 4.19. The average Bonchev–Trinajstić information content (AvgIpc) is 2.54. The van der Waals surface area contributed by atoms with Crippen molar-refractivity contribution in [3.63, 3.8) is 0 Å². The molecule has 6 nitrogen and oxygen atoms in total. The Morgan fingerprint density at radius 3 is 2.71 bits per heavy atom. The lowest BCUT2D eigenvalue weighted by Gasteiger charge is -2.53. The van der Waals surface area contributed by atoms with E-state index in [1.807, 2.05) is 0 Å². The minimum Gasteiger partial charge on any atom is -0.369 e. The van der Waals surface area contributed by atoms with Crippen molar-refractivity contribution in [1.29, 1.82) is 0 Å². The van der Waals surface area contributed by atoms with Gasteiger partial charge < -0.3 is 9.64 Å². The van der Waals surface area contributed by atoms with E-state index in [1.165, 1.54) is 16.4 Å². The first-order valence-corrected chi connectivity index (χ1v) is 10.1. The van der Waals surface area contributed by atoms with Gasteiger partial charge in [-0.25, -0.2) is 12.8 Å². The summed E-state index contributed by atoms with van der Waals surface area (Å²) in [5.74, 6) is -0.633. The van der Waals surface area contributed by atoms with E-state index in [9.17, 15) is 17.6 Å². The molecule has 24 heavy (non-hydrogen) atoms. The molecule has 1 amide bonds. The Morgan fingerprint density at radius 2 is 2.08 bits per heavy atom. The molecule has 3 rings (SSSR count). The van der Waals surface area contributed by atoms with Gasteiger partial charge >= 0.3 is 0 Å². The normalized spacial score (nSPS) is 20.9. The van der Waals surface area contributed by atoms with Crippen LogP contribution in [0.15, 0.2) is 27.6 Å². The third-order valence-corrected chi connectivity index (χ3v) is 6.94. The van der Waals surface area contributed by atoms with Crippen molar-refractivity contribution in [3.05, 3.63) is 28.5 Å². The molecule has 1 aromatic carbocycles. The van der Waals surface area contributed by atoms with Gasteiger partial charge in [0.25, 0.3) is 0 Å². The molecule has 1 aromatic rings. The van der Waals surface area contributed by atoms with E-state index in [2.05, 4.69) is 28.6 Å². The van der Waals surface area contributed by atoms with Crippen molar-refractivity contribution in [2.75, 3.05) is 38.5 Å². The lowest BCUT2D eigenvalue weighted by atomic mass is 9.92. The predicted octanol–water partition coefficient (Wildman–Crippen LogP) is 1.12. The van der Waals surface area contributed by atoms with Crippen molar-refractivity contribution in [1.82, 2.24) is 9.21 Å². The second-order valence-corrected chi connectivity index (χ2v) is 8.96. The van der Waals surface area contributed by atoms with Crippen LogP contribution in [0.5, 0.6) is 0 Å². The molecule has 132 valence electrons. The van der Waals surface area contributed by atoms with Crippen molar-refractivity contribution in [2.24, 2.45) is 0 Å². The van der Waals surface area contributed by atoms with Gasteiger partial charge in [-0.05, 0) is 34.1 Å². The van der Waals surface area contributed by atoms with Crippen LogP contribution >= 0.6 is 28.6 Å². The average molecular weight is 439 g/mol. The van der Waals surface area contributed by atoms with Gasteiger partial charge in [0.05, 0.1) is 34.8 Å². The molecule has 2 heterocycles. The number of sulfonamides is 1. The number of amides is 1. The molecule has 0 unspecified atom stereocenters. The molecular formula is C14H16BrFN2O4S2. The fourth-order valence-corrected chi connectivity index (χ4v) is 4.88. The zero-order chi connectivity index (χ0) is 17.5. The lowest BCUT2D eigenvalue weighted by Crippen LogP contribution is -2.71. The summed E-state index contributed by atoms with van der Waals surface area (Å²) in [5.41, 5.74) is -0.683. The molecule has 0 saturated carbocycles. The zero-order valence-corrected chi connectivity index (χ0v) is 15.9. The Kier molecular flexibility index (Phi) is 4.95. The highest BCUT2D eigenvalue weighted by molar-refractivity contribution is 9.10. The Balaban J connectivity index is 1.77. The number of thiol groups is 1. The van der Waals surface area contributed by atoms with E-state index in [4.69, 9.17) is 4.74 Å². The third kappa shape index (κ3) is 3.22. The molecule has 0 aromatic heterocycles. The number of morpholine rings is 1. The van der Waals surface area contributed by atoms with Crippen molar-refractivity contribution in [2.45, 2.75) is 10.5 Å². The number of benzene rings is 1. The van der Waals surface area contributed by atoms with E-state index in [0.717, 1.165) is 6.07 Å². The van der Waals surface area contributed by atoms with Crippen LogP contribution in [0.25, 0.3) is 0 Å². The molecule has 2 fully saturated rings. The summed E-state index contributed by atoms with van der Waals surface area (Å²) in [6.07, 6.45) is 0. The monoisotopic (exact) mass is 438 g/mol. The van der Waals surface area contributed by atoms with Gasteiger partial charge in [0, 0.05) is 13.1 Å². The van der Waals surface area contributed by atoms with Crippen LogP contribution in [0.2, 0.25) is 0 Å². The second-order valence-electron chi connectivity index (χ2n) is 5.85. The largest absolute Gasteiger partial charge is 0.369 e. The number of nitrogens with zero attached hydrogens (tertiary/aromatic N) is 2. The summed E-state index contributed by atoms with van der Waals surface area (Å²) >= 11 is 6.96. The van der Waals surface area contributed by atoms with Gasteiger partial charge in [-0.3, -0.25) is 4.79 Å². The number of likely N-dealkylation sites (tertiary alicyclic amines) is 1. The minimum atomic E-state index is -3.82. The van der Waals surface area contributed by atoms with E-state index >= 15 is 0 Å². The lowest BCUT2D eigenvalue weighted by molar-refractivity contribution is -0.181. The van der Waals surface area contributed by atoms with Crippen molar-refractivity contribution in [3.8, 4) is 0 Å². The van der Waals surface area contributed by atoms with Crippen LogP contribution in [0.1, 0.15) is 0 Å². The molecule has 2 aliphatic heterocycles. The molecule has 2 aliphatic rings.